The van der Waals surface area contributed by atoms with Crippen molar-refractivity contribution in [3.63, 3.8) is 0 Å². The molecule has 0 saturated heterocycles. The third-order valence-electron chi connectivity index (χ3n) is 3.83. The second-order valence-corrected chi connectivity index (χ2v) is 8.08. The number of nitrogens with zero attached hydrogens (tertiary/aromatic N) is 1. The van der Waals surface area contributed by atoms with Crippen molar-refractivity contribution in [1.82, 2.24) is 5.32 Å². The van der Waals surface area contributed by atoms with Crippen LogP contribution in [0.5, 0.6) is 0 Å². The molecule has 2 N–H and O–H groups in total. The van der Waals surface area contributed by atoms with Gasteiger partial charge in [-0.25, -0.2) is 8.42 Å². The van der Waals surface area contributed by atoms with E-state index in [0.29, 0.717) is 5.69 Å². The molecule has 1 aromatic carbocycles. The summed E-state index contributed by atoms with van der Waals surface area (Å²) in [4.78, 5) is 12.2. The van der Waals surface area contributed by atoms with Crippen LogP contribution >= 0.6 is 0 Å². The fourth-order valence-corrected chi connectivity index (χ4v) is 2.65. The minimum Gasteiger partial charge on any atom is -0.376 e. The van der Waals surface area contributed by atoms with Crippen molar-refractivity contribution in [1.29, 1.82) is 5.26 Å². The van der Waals surface area contributed by atoms with Crippen LogP contribution in [-0.4, -0.2) is 32.2 Å². The van der Waals surface area contributed by atoms with Crippen molar-refractivity contribution in [2.45, 2.75) is 38.1 Å². The van der Waals surface area contributed by atoms with Crippen molar-refractivity contribution < 1.29 is 13.2 Å². The molecule has 0 aromatic heterocycles. The van der Waals surface area contributed by atoms with Gasteiger partial charge in [0.2, 0.25) is 5.91 Å². The van der Waals surface area contributed by atoms with Gasteiger partial charge in [-0.05, 0) is 37.1 Å². The molecule has 1 atom stereocenters. The lowest BCUT2D eigenvalue weighted by Gasteiger charge is -2.27. The van der Waals surface area contributed by atoms with E-state index in [2.05, 4.69) is 16.7 Å². The number of anilines is 1. The Bertz CT molecular complexity index is 690. The van der Waals surface area contributed by atoms with E-state index in [1.54, 1.807) is 26.0 Å². The van der Waals surface area contributed by atoms with Gasteiger partial charge in [0.15, 0.2) is 9.84 Å². The van der Waals surface area contributed by atoms with Crippen molar-refractivity contribution in [3.05, 3.63) is 24.3 Å². The summed E-state index contributed by atoms with van der Waals surface area (Å²) >= 11 is 0. The van der Waals surface area contributed by atoms with Gasteiger partial charge in [-0.1, -0.05) is 20.8 Å². The van der Waals surface area contributed by atoms with Crippen LogP contribution in [-0.2, 0) is 14.6 Å². The molecule has 0 radical (unpaired) electrons. The van der Waals surface area contributed by atoms with Crippen LogP contribution in [0.15, 0.2) is 29.2 Å². The average Bonchev–Trinajstić information content (AvgIpc) is 2.53. The molecule has 6 nitrogen and oxygen atoms in total. The van der Waals surface area contributed by atoms with Crippen LogP contribution in [0, 0.1) is 17.2 Å². The minimum atomic E-state index is -3.23. The highest BCUT2D eigenvalue weighted by Crippen LogP contribution is 2.16. The van der Waals surface area contributed by atoms with E-state index in [0.717, 1.165) is 0 Å². The quantitative estimate of drug-likeness (QED) is 0.792. The molecular weight excluding hydrogens is 314 g/mol. The molecule has 23 heavy (non-hydrogen) atoms. The topological polar surface area (TPSA) is 99.1 Å². The summed E-state index contributed by atoms with van der Waals surface area (Å²) in [6.45, 7) is 7.00. The molecule has 7 heteroatoms. The second kappa shape index (κ2) is 7.47. The lowest BCUT2D eigenvalue weighted by atomic mass is 9.90. The Morgan fingerprint density at radius 3 is 2.30 bits per heavy atom. The predicted octanol–water partition coefficient (Wildman–Crippen LogP) is 1.95. The van der Waals surface area contributed by atoms with E-state index < -0.39 is 15.4 Å². The van der Waals surface area contributed by atoms with Gasteiger partial charge in [0, 0.05) is 5.69 Å². The molecule has 0 unspecified atom stereocenters. The van der Waals surface area contributed by atoms with Crippen LogP contribution in [0.4, 0.5) is 5.69 Å². The first-order valence-electron chi connectivity index (χ1n) is 7.43. The highest BCUT2D eigenvalue weighted by molar-refractivity contribution is 7.91. The predicted molar refractivity (Wildman–Crippen MR) is 89.7 cm³/mol. The maximum Gasteiger partial charge on any atom is 0.240 e. The summed E-state index contributed by atoms with van der Waals surface area (Å²) in [6.07, 6.45) is 0. The molecule has 1 rings (SSSR count). The molecule has 1 aromatic rings. The molecule has 0 aliphatic heterocycles. The standard InChI is InChI=1S/C16H23N3O3S/c1-5-23(21,22)14-8-6-13(7-9-14)18-10-15(20)19-16(4,11-17)12(2)3/h6-9,12,18H,5,10H2,1-4H3,(H,19,20)/t16-/m1/s1. The Hall–Kier alpha value is -2.07. The molecular formula is C16H23N3O3S. The molecule has 0 aliphatic rings. The number of rotatable bonds is 7. The van der Waals surface area contributed by atoms with E-state index in [-0.39, 0.29) is 29.0 Å². The zero-order valence-electron chi connectivity index (χ0n) is 13.9. The van der Waals surface area contributed by atoms with Crippen LogP contribution in [0.2, 0.25) is 0 Å². The van der Waals surface area contributed by atoms with E-state index in [4.69, 9.17) is 0 Å². The molecule has 0 saturated carbocycles. The fourth-order valence-electron chi connectivity index (χ4n) is 1.76. The smallest absolute Gasteiger partial charge is 0.240 e. The normalized spacial score (nSPS) is 13.9. The van der Waals surface area contributed by atoms with Gasteiger partial charge >= 0.3 is 0 Å². The van der Waals surface area contributed by atoms with Gasteiger partial charge in [0.25, 0.3) is 0 Å². The lowest BCUT2D eigenvalue weighted by Crippen LogP contribution is -2.50. The highest BCUT2D eigenvalue weighted by Gasteiger charge is 2.29. The first-order chi connectivity index (χ1) is 10.6. The molecule has 0 spiro atoms. The van der Waals surface area contributed by atoms with E-state index >= 15 is 0 Å². The summed E-state index contributed by atoms with van der Waals surface area (Å²) in [6, 6.07) is 8.35. The number of nitrogens with one attached hydrogen (secondary N) is 2. The molecule has 0 heterocycles. The lowest BCUT2D eigenvalue weighted by molar-refractivity contribution is -0.121. The number of sulfone groups is 1. The number of hydrogen-bond acceptors (Lipinski definition) is 5. The van der Waals surface area contributed by atoms with Gasteiger partial charge in [0.05, 0.1) is 23.3 Å². The van der Waals surface area contributed by atoms with E-state index in [1.807, 2.05) is 13.8 Å². The summed E-state index contributed by atoms with van der Waals surface area (Å²) in [5, 5.41) is 14.8. The van der Waals surface area contributed by atoms with Crippen molar-refractivity contribution in [2.75, 3.05) is 17.6 Å². The number of carbonyl (C=O) groups excluding carboxylic acids is 1. The maximum atomic E-state index is 11.9. The Labute approximate surface area is 137 Å². The highest BCUT2D eigenvalue weighted by atomic mass is 32.2. The summed E-state index contributed by atoms with van der Waals surface area (Å²) < 4.78 is 23.4. The monoisotopic (exact) mass is 337 g/mol. The molecule has 126 valence electrons. The number of benzene rings is 1. The Kier molecular flexibility index (Phi) is 6.16. The number of nitriles is 1. The fraction of sp³-hybridized carbons (Fsp3) is 0.500. The van der Waals surface area contributed by atoms with E-state index in [1.165, 1.54) is 12.1 Å². The van der Waals surface area contributed by atoms with Gasteiger partial charge in [-0.3, -0.25) is 4.79 Å². The average molecular weight is 337 g/mol. The van der Waals surface area contributed by atoms with Gasteiger partial charge in [-0.2, -0.15) is 5.26 Å². The van der Waals surface area contributed by atoms with Crippen molar-refractivity contribution >= 4 is 21.4 Å². The number of amides is 1. The summed E-state index contributed by atoms with van der Waals surface area (Å²) in [7, 11) is -3.23. The van der Waals surface area contributed by atoms with E-state index in [9.17, 15) is 18.5 Å². The van der Waals surface area contributed by atoms with Crippen LogP contribution < -0.4 is 10.6 Å². The Balaban J connectivity index is 2.66. The Morgan fingerprint density at radius 1 is 1.30 bits per heavy atom. The van der Waals surface area contributed by atoms with Gasteiger partial charge in [-0.15, -0.1) is 0 Å². The Morgan fingerprint density at radius 2 is 1.87 bits per heavy atom. The van der Waals surface area contributed by atoms with Gasteiger partial charge < -0.3 is 10.6 Å². The minimum absolute atomic E-state index is 0.00383. The third kappa shape index (κ3) is 4.96. The summed E-state index contributed by atoms with van der Waals surface area (Å²) in [5.74, 6) is -0.271. The van der Waals surface area contributed by atoms with Crippen molar-refractivity contribution in [2.24, 2.45) is 5.92 Å². The first kappa shape index (κ1) is 19.0. The molecule has 0 bridgehead atoms. The van der Waals surface area contributed by atoms with Gasteiger partial charge in [0.1, 0.15) is 5.54 Å². The molecule has 0 aliphatic carbocycles. The second-order valence-electron chi connectivity index (χ2n) is 5.80. The molecule has 1 amide bonds. The van der Waals surface area contributed by atoms with Crippen LogP contribution in [0.3, 0.4) is 0 Å². The zero-order chi connectivity index (χ0) is 17.7. The number of carbonyl (C=O) groups is 1. The van der Waals surface area contributed by atoms with Crippen LogP contribution in [0.25, 0.3) is 0 Å². The summed E-state index contributed by atoms with van der Waals surface area (Å²) in [5.41, 5.74) is -0.281. The SMILES string of the molecule is CCS(=O)(=O)c1ccc(NCC(=O)N[C@](C)(C#N)C(C)C)cc1. The van der Waals surface area contributed by atoms with Crippen molar-refractivity contribution in [3.8, 4) is 6.07 Å². The number of hydrogen-bond donors (Lipinski definition) is 2. The first-order valence-corrected chi connectivity index (χ1v) is 9.09. The van der Waals surface area contributed by atoms with Crippen LogP contribution in [0.1, 0.15) is 27.7 Å². The molecule has 0 fully saturated rings. The maximum absolute atomic E-state index is 11.9. The third-order valence-corrected chi connectivity index (χ3v) is 5.58. The largest absolute Gasteiger partial charge is 0.376 e. The zero-order valence-corrected chi connectivity index (χ0v) is 14.7.